The Labute approximate surface area is 121 Å². The number of benzene rings is 1. The van der Waals surface area contributed by atoms with Crippen molar-refractivity contribution < 1.29 is 0 Å². The molecule has 0 saturated heterocycles. The van der Waals surface area contributed by atoms with Crippen LogP contribution in [-0.4, -0.2) is 9.38 Å². The maximum atomic E-state index is 5.94. The monoisotopic (exact) mass is 339 g/mol. The van der Waals surface area contributed by atoms with Gasteiger partial charge in [0.15, 0.2) is 4.96 Å². The lowest BCUT2D eigenvalue weighted by atomic mass is 10.3. The molecule has 2 heterocycles. The fraction of sp³-hybridized carbons (Fsp3) is 0.0833. The number of thiazole rings is 1. The van der Waals surface area contributed by atoms with Gasteiger partial charge in [0.25, 0.3) is 0 Å². The standard InChI is InChI=1S/C12H10BrN3S2/c13-8-1-2-10(14)11(5-8)18-7-9-6-16-3-4-17-12(16)15-9/h1-6H,7,14H2. The lowest BCUT2D eigenvalue weighted by Gasteiger charge is -2.04. The Bertz CT molecular complexity index is 661. The number of aromatic nitrogens is 2. The van der Waals surface area contributed by atoms with Crippen molar-refractivity contribution in [3.05, 3.63) is 46.1 Å². The molecule has 6 heteroatoms. The van der Waals surface area contributed by atoms with Crippen molar-refractivity contribution >= 4 is 49.7 Å². The van der Waals surface area contributed by atoms with Crippen LogP contribution in [0.25, 0.3) is 4.96 Å². The average Bonchev–Trinajstić information content (AvgIpc) is 2.90. The Morgan fingerprint density at radius 3 is 3.17 bits per heavy atom. The number of imidazole rings is 1. The molecule has 0 atom stereocenters. The van der Waals surface area contributed by atoms with Crippen LogP contribution in [0.3, 0.4) is 0 Å². The Balaban J connectivity index is 1.77. The number of rotatable bonds is 3. The minimum absolute atomic E-state index is 0.809. The number of thioether (sulfide) groups is 1. The summed E-state index contributed by atoms with van der Waals surface area (Å²) < 4.78 is 3.09. The third-order valence-corrected chi connectivity index (χ3v) is 4.86. The summed E-state index contributed by atoms with van der Waals surface area (Å²) in [6.45, 7) is 0. The number of nitrogens with two attached hydrogens (primary N) is 1. The van der Waals surface area contributed by atoms with Crippen LogP contribution in [0.2, 0.25) is 0 Å². The first kappa shape index (κ1) is 12.1. The van der Waals surface area contributed by atoms with Crippen LogP contribution in [0.5, 0.6) is 0 Å². The fourth-order valence-electron chi connectivity index (χ4n) is 1.63. The van der Waals surface area contributed by atoms with Crippen LogP contribution in [-0.2, 0) is 5.75 Å². The molecule has 3 rings (SSSR count). The van der Waals surface area contributed by atoms with E-state index in [1.54, 1.807) is 23.1 Å². The van der Waals surface area contributed by atoms with Crippen LogP contribution in [0.15, 0.2) is 45.3 Å². The number of nitrogen functional groups attached to an aromatic ring is 1. The summed E-state index contributed by atoms with van der Waals surface area (Å²) in [6.07, 6.45) is 4.08. The van der Waals surface area contributed by atoms with Gasteiger partial charge in [-0.05, 0) is 18.2 Å². The van der Waals surface area contributed by atoms with E-state index in [1.807, 2.05) is 34.2 Å². The molecular weight excluding hydrogens is 330 g/mol. The van der Waals surface area contributed by atoms with Crippen molar-refractivity contribution in [3.8, 4) is 0 Å². The average molecular weight is 340 g/mol. The summed E-state index contributed by atoms with van der Waals surface area (Å²) in [6, 6.07) is 5.91. The molecule has 92 valence electrons. The number of anilines is 1. The number of hydrogen-bond donors (Lipinski definition) is 1. The highest BCUT2D eigenvalue weighted by atomic mass is 79.9. The molecule has 2 aromatic heterocycles. The van der Waals surface area contributed by atoms with Gasteiger partial charge in [-0.1, -0.05) is 15.9 Å². The predicted octanol–water partition coefficient (Wildman–Crippen LogP) is 4.03. The van der Waals surface area contributed by atoms with Crippen molar-refractivity contribution in [2.45, 2.75) is 10.6 Å². The van der Waals surface area contributed by atoms with Crippen molar-refractivity contribution in [3.63, 3.8) is 0 Å². The van der Waals surface area contributed by atoms with E-state index in [1.165, 1.54) is 0 Å². The Kier molecular flexibility index (Phi) is 3.32. The van der Waals surface area contributed by atoms with Crippen molar-refractivity contribution in [1.82, 2.24) is 9.38 Å². The Morgan fingerprint density at radius 1 is 1.44 bits per heavy atom. The van der Waals surface area contributed by atoms with Crippen LogP contribution < -0.4 is 5.73 Å². The zero-order valence-corrected chi connectivity index (χ0v) is 12.6. The highest BCUT2D eigenvalue weighted by molar-refractivity contribution is 9.10. The van der Waals surface area contributed by atoms with Crippen LogP contribution >= 0.6 is 39.0 Å². The molecule has 0 aliphatic rings. The van der Waals surface area contributed by atoms with Gasteiger partial charge in [0.05, 0.1) is 5.69 Å². The number of hydrogen-bond acceptors (Lipinski definition) is 4. The first-order chi connectivity index (χ1) is 8.72. The van der Waals surface area contributed by atoms with Crippen LogP contribution in [0.1, 0.15) is 5.69 Å². The molecule has 3 nitrogen and oxygen atoms in total. The highest BCUT2D eigenvalue weighted by Crippen LogP contribution is 2.30. The highest BCUT2D eigenvalue weighted by Gasteiger charge is 2.05. The SMILES string of the molecule is Nc1ccc(Br)cc1SCc1cn2ccsc2n1. The summed E-state index contributed by atoms with van der Waals surface area (Å²) in [5, 5.41) is 2.03. The molecule has 18 heavy (non-hydrogen) atoms. The van der Waals surface area contributed by atoms with E-state index in [2.05, 4.69) is 27.1 Å². The van der Waals surface area contributed by atoms with E-state index >= 15 is 0 Å². The molecule has 0 aliphatic carbocycles. The van der Waals surface area contributed by atoms with Crippen molar-refractivity contribution in [2.75, 3.05) is 5.73 Å². The molecule has 1 aromatic carbocycles. The van der Waals surface area contributed by atoms with E-state index in [9.17, 15) is 0 Å². The largest absolute Gasteiger partial charge is 0.398 e. The van der Waals surface area contributed by atoms with Gasteiger partial charge in [-0.25, -0.2) is 4.98 Å². The topological polar surface area (TPSA) is 43.3 Å². The van der Waals surface area contributed by atoms with Gasteiger partial charge in [-0.2, -0.15) is 0 Å². The maximum Gasteiger partial charge on any atom is 0.193 e. The van der Waals surface area contributed by atoms with Gasteiger partial charge in [-0.3, -0.25) is 4.40 Å². The minimum atomic E-state index is 0.809. The van der Waals surface area contributed by atoms with Crippen molar-refractivity contribution in [1.29, 1.82) is 0 Å². The first-order valence-corrected chi connectivity index (χ1v) is 7.97. The summed E-state index contributed by atoms with van der Waals surface area (Å²) >= 11 is 6.81. The van der Waals surface area contributed by atoms with Gasteiger partial charge in [-0.15, -0.1) is 23.1 Å². The summed E-state index contributed by atoms with van der Waals surface area (Å²) in [5.74, 6) is 0.828. The molecule has 0 aliphatic heterocycles. The minimum Gasteiger partial charge on any atom is -0.398 e. The molecule has 3 aromatic rings. The molecule has 2 N–H and O–H groups in total. The van der Waals surface area contributed by atoms with Crippen molar-refractivity contribution in [2.24, 2.45) is 0 Å². The molecule has 0 amide bonds. The normalized spacial score (nSPS) is 11.2. The van der Waals surface area contributed by atoms with Gasteiger partial charge >= 0.3 is 0 Å². The number of halogens is 1. The van der Waals surface area contributed by atoms with E-state index in [4.69, 9.17) is 5.73 Å². The molecule has 0 fully saturated rings. The lowest BCUT2D eigenvalue weighted by Crippen LogP contribution is -1.89. The van der Waals surface area contributed by atoms with Gasteiger partial charge in [0, 0.05) is 38.6 Å². The van der Waals surface area contributed by atoms with Crippen LogP contribution in [0, 0.1) is 0 Å². The summed E-state index contributed by atoms with van der Waals surface area (Å²) in [5.41, 5.74) is 7.83. The maximum absolute atomic E-state index is 5.94. The molecular formula is C12H10BrN3S2. The van der Waals surface area contributed by atoms with Gasteiger partial charge in [0.1, 0.15) is 0 Å². The molecule has 0 radical (unpaired) electrons. The quantitative estimate of drug-likeness (QED) is 0.578. The molecule has 0 spiro atoms. The van der Waals surface area contributed by atoms with Crippen LogP contribution in [0.4, 0.5) is 5.69 Å². The predicted molar refractivity (Wildman–Crippen MR) is 81.2 cm³/mol. The molecule has 0 bridgehead atoms. The second-order valence-electron chi connectivity index (χ2n) is 3.80. The van der Waals surface area contributed by atoms with E-state index in [0.717, 1.165) is 31.5 Å². The van der Waals surface area contributed by atoms with E-state index < -0.39 is 0 Å². The van der Waals surface area contributed by atoms with E-state index in [0.29, 0.717) is 0 Å². The van der Waals surface area contributed by atoms with Gasteiger partial charge in [0.2, 0.25) is 0 Å². The third kappa shape index (κ3) is 2.41. The summed E-state index contributed by atoms with van der Waals surface area (Å²) in [7, 11) is 0. The molecule has 0 unspecified atom stereocenters. The second kappa shape index (κ2) is 4.95. The van der Waals surface area contributed by atoms with E-state index in [-0.39, 0.29) is 0 Å². The fourth-order valence-corrected chi connectivity index (χ4v) is 3.75. The second-order valence-corrected chi connectivity index (χ2v) is 6.60. The zero-order chi connectivity index (χ0) is 12.5. The third-order valence-electron chi connectivity index (χ3n) is 2.49. The Hall–Kier alpha value is -0.980. The number of nitrogens with zero attached hydrogens (tertiary/aromatic N) is 2. The summed E-state index contributed by atoms with van der Waals surface area (Å²) in [4.78, 5) is 6.67. The molecule has 0 saturated carbocycles. The number of fused-ring (bicyclic) bond motifs is 1. The zero-order valence-electron chi connectivity index (χ0n) is 9.34. The smallest absolute Gasteiger partial charge is 0.193 e. The Morgan fingerprint density at radius 2 is 2.33 bits per heavy atom. The lowest BCUT2D eigenvalue weighted by molar-refractivity contribution is 1.21. The first-order valence-electron chi connectivity index (χ1n) is 5.31. The van der Waals surface area contributed by atoms with Gasteiger partial charge < -0.3 is 5.73 Å².